The van der Waals surface area contributed by atoms with E-state index in [1.165, 1.54) is 173 Å². The monoisotopic (exact) mass is 884 g/mol. The number of allylic oxidation sites excluding steroid dienone is 8. The van der Waals surface area contributed by atoms with Gasteiger partial charge in [-0.15, -0.1) is 0 Å². The van der Waals surface area contributed by atoms with Gasteiger partial charge in [0, 0.05) is 6.42 Å². The smallest absolute Gasteiger partial charge is 0.306 e. The van der Waals surface area contributed by atoms with Crippen LogP contribution in [0.5, 0.6) is 0 Å². The van der Waals surface area contributed by atoms with E-state index < -0.39 is 18.2 Å². The standard InChI is InChI=1S/C57H105NO5/c1-4-7-10-13-16-19-22-24-26-27-28-30-32-35-38-41-44-47-50-57(62)63-53(48-45-42-39-36-33-21-18-15-12-9-6-3)51-56(61)58-54(52-59)55(60)49-46-43-40-37-34-31-29-25-23-20-17-14-11-8-5-2/h9,12,15,18,21,33,36,39,53-55,59-60H,4-8,10-11,13-14,16-17,19-20,22-32,34-35,37-38,40-52H2,1-3H3,(H,58,61)/b12-9+,18-15+,33-21-,39-36-. The topological polar surface area (TPSA) is 95.9 Å². The number of esters is 1. The molecule has 6 heteroatoms. The molecule has 0 aromatic rings. The van der Waals surface area contributed by atoms with Crippen molar-refractivity contribution in [3.63, 3.8) is 0 Å². The molecule has 63 heavy (non-hydrogen) atoms. The molecule has 0 aromatic heterocycles. The summed E-state index contributed by atoms with van der Waals surface area (Å²) in [6.07, 6.45) is 61.9. The molecule has 0 saturated carbocycles. The van der Waals surface area contributed by atoms with Gasteiger partial charge in [-0.1, -0.05) is 275 Å². The zero-order valence-corrected chi connectivity index (χ0v) is 42.0. The molecule has 0 bridgehead atoms. The third-order valence-electron chi connectivity index (χ3n) is 12.5. The highest BCUT2D eigenvalue weighted by molar-refractivity contribution is 5.77. The van der Waals surface area contributed by atoms with Gasteiger partial charge in [0.25, 0.3) is 0 Å². The molecule has 0 aliphatic rings. The van der Waals surface area contributed by atoms with Crippen LogP contribution < -0.4 is 5.32 Å². The van der Waals surface area contributed by atoms with Crippen LogP contribution in [-0.4, -0.2) is 46.9 Å². The highest BCUT2D eigenvalue weighted by atomic mass is 16.5. The zero-order chi connectivity index (χ0) is 45.9. The summed E-state index contributed by atoms with van der Waals surface area (Å²) < 4.78 is 5.90. The van der Waals surface area contributed by atoms with Gasteiger partial charge in [-0.25, -0.2) is 0 Å². The van der Waals surface area contributed by atoms with Crippen molar-refractivity contribution in [1.82, 2.24) is 5.32 Å². The Morgan fingerprint density at radius 2 is 0.857 bits per heavy atom. The van der Waals surface area contributed by atoms with Crippen molar-refractivity contribution < 1.29 is 24.5 Å². The van der Waals surface area contributed by atoms with Crippen molar-refractivity contribution in [1.29, 1.82) is 0 Å². The lowest BCUT2D eigenvalue weighted by Gasteiger charge is -2.24. The Kier molecular flexibility index (Phi) is 49.1. The third kappa shape index (κ3) is 46.2. The van der Waals surface area contributed by atoms with Crippen LogP contribution in [-0.2, 0) is 14.3 Å². The minimum atomic E-state index is -0.804. The molecule has 6 nitrogen and oxygen atoms in total. The van der Waals surface area contributed by atoms with Gasteiger partial charge in [-0.2, -0.15) is 0 Å². The number of ether oxygens (including phenoxy) is 1. The second-order valence-electron chi connectivity index (χ2n) is 18.7. The lowest BCUT2D eigenvalue weighted by molar-refractivity contribution is -0.151. The van der Waals surface area contributed by atoms with Gasteiger partial charge < -0.3 is 20.3 Å². The summed E-state index contributed by atoms with van der Waals surface area (Å²) >= 11 is 0. The van der Waals surface area contributed by atoms with Crippen molar-refractivity contribution in [2.24, 2.45) is 0 Å². The molecule has 0 rings (SSSR count). The second kappa shape index (κ2) is 50.8. The number of amides is 1. The average Bonchev–Trinajstić information content (AvgIpc) is 3.28. The number of nitrogens with one attached hydrogen (secondary N) is 1. The van der Waals surface area contributed by atoms with E-state index >= 15 is 0 Å². The SMILES string of the molecule is CC/C=C/C=C/C=C\C=C/CCCC(CC(=O)NC(CO)C(O)CCCCCCCCCCCCCCCCC)OC(=O)CCCCCCCCCCCCCCCCCCCC. The predicted molar refractivity (Wildman–Crippen MR) is 273 cm³/mol. The fourth-order valence-corrected chi connectivity index (χ4v) is 8.39. The molecule has 0 heterocycles. The summed E-state index contributed by atoms with van der Waals surface area (Å²) in [5, 5.41) is 23.8. The maximum absolute atomic E-state index is 13.2. The van der Waals surface area contributed by atoms with Gasteiger partial charge in [0.2, 0.25) is 5.91 Å². The molecule has 0 saturated heterocycles. The van der Waals surface area contributed by atoms with Crippen molar-refractivity contribution in [2.45, 2.75) is 296 Å². The normalized spacial score (nSPS) is 13.5. The Morgan fingerprint density at radius 1 is 0.476 bits per heavy atom. The van der Waals surface area contributed by atoms with Gasteiger partial charge in [-0.05, 0) is 38.5 Å². The maximum atomic E-state index is 13.2. The third-order valence-corrected chi connectivity index (χ3v) is 12.5. The number of hydrogen-bond donors (Lipinski definition) is 3. The lowest BCUT2D eigenvalue weighted by Crippen LogP contribution is -2.46. The molecule has 3 unspecified atom stereocenters. The van der Waals surface area contributed by atoms with Gasteiger partial charge in [0.15, 0.2) is 0 Å². The molecule has 0 aliphatic heterocycles. The summed E-state index contributed by atoms with van der Waals surface area (Å²) in [5.41, 5.74) is 0. The quantitative estimate of drug-likeness (QED) is 0.0321. The number of aliphatic hydroxyl groups excluding tert-OH is 2. The molecule has 368 valence electrons. The molecular formula is C57H105NO5. The van der Waals surface area contributed by atoms with E-state index in [0.29, 0.717) is 19.3 Å². The number of rotatable bonds is 49. The number of aliphatic hydroxyl groups is 2. The summed E-state index contributed by atoms with van der Waals surface area (Å²) in [5.74, 6) is -0.531. The van der Waals surface area contributed by atoms with E-state index in [-0.39, 0.29) is 24.9 Å². The Morgan fingerprint density at radius 3 is 1.27 bits per heavy atom. The first-order valence-electron chi connectivity index (χ1n) is 27.4. The summed E-state index contributed by atoms with van der Waals surface area (Å²) in [6, 6.07) is -0.721. The highest BCUT2D eigenvalue weighted by Gasteiger charge is 2.24. The Balaban J connectivity index is 4.50. The number of carbonyl (C=O) groups excluding carboxylic acids is 2. The lowest BCUT2D eigenvalue weighted by atomic mass is 10.0. The van der Waals surface area contributed by atoms with E-state index in [9.17, 15) is 19.8 Å². The fraction of sp³-hybridized carbons (Fsp3) is 0.825. The van der Waals surface area contributed by atoms with Crippen LogP contribution in [0.25, 0.3) is 0 Å². The Bertz CT molecular complexity index is 1080. The minimum Gasteiger partial charge on any atom is -0.462 e. The first-order valence-corrected chi connectivity index (χ1v) is 27.4. The molecule has 1 amide bonds. The van der Waals surface area contributed by atoms with E-state index in [0.717, 1.165) is 57.8 Å². The fourth-order valence-electron chi connectivity index (χ4n) is 8.39. The van der Waals surface area contributed by atoms with Crippen molar-refractivity contribution in [3.05, 3.63) is 48.6 Å². The molecular weight excluding hydrogens is 779 g/mol. The second-order valence-corrected chi connectivity index (χ2v) is 18.7. The largest absolute Gasteiger partial charge is 0.462 e. The summed E-state index contributed by atoms with van der Waals surface area (Å²) in [7, 11) is 0. The van der Waals surface area contributed by atoms with Gasteiger partial charge in [0.1, 0.15) is 6.10 Å². The van der Waals surface area contributed by atoms with Gasteiger partial charge in [0.05, 0.1) is 25.2 Å². The van der Waals surface area contributed by atoms with Crippen LogP contribution in [0.1, 0.15) is 278 Å². The van der Waals surface area contributed by atoms with Crippen LogP contribution in [0, 0.1) is 0 Å². The Labute approximate surface area is 391 Å². The zero-order valence-electron chi connectivity index (χ0n) is 42.0. The van der Waals surface area contributed by atoms with E-state index in [2.05, 4.69) is 38.2 Å². The molecule has 0 radical (unpaired) electrons. The molecule has 0 aromatic carbocycles. The molecule has 3 N–H and O–H groups in total. The molecule has 0 spiro atoms. The van der Waals surface area contributed by atoms with Gasteiger partial charge >= 0.3 is 5.97 Å². The first-order chi connectivity index (χ1) is 31.0. The summed E-state index contributed by atoms with van der Waals surface area (Å²) in [4.78, 5) is 26.1. The Hall–Kier alpha value is -2.18. The van der Waals surface area contributed by atoms with E-state index in [1.54, 1.807) is 0 Å². The van der Waals surface area contributed by atoms with Crippen molar-refractivity contribution >= 4 is 11.9 Å². The summed E-state index contributed by atoms with van der Waals surface area (Å²) in [6.45, 7) is 6.35. The van der Waals surface area contributed by atoms with Crippen LogP contribution in [0.3, 0.4) is 0 Å². The predicted octanol–water partition coefficient (Wildman–Crippen LogP) is 16.6. The minimum absolute atomic E-state index is 0.0345. The molecule has 3 atom stereocenters. The van der Waals surface area contributed by atoms with E-state index in [4.69, 9.17) is 4.74 Å². The van der Waals surface area contributed by atoms with Crippen LogP contribution >= 0.6 is 0 Å². The highest BCUT2D eigenvalue weighted by Crippen LogP contribution is 2.18. The molecule has 0 fully saturated rings. The van der Waals surface area contributed by atoms with E-state index in [1.807, 2.05) is 36.5 Å². The number of carbonyl (C=O) groups is 2. The first kappa shape index (κ1) is 60.8. The van der Waals surface area contributed by atoms with Crippen LogP contribution in [0.4, 0.5) is 0 Å². The van der Waals surface area contributed by atoms with Crippen LogP contribution in [0.2, 0.25) is 0 Å². The molecule has 0 aliphatic carbocycles. The maximum Gasteiger partial charge on any atom is 0.306 e. The van der Waals surface area contributed by atoms with Crippen molar-refractivity contribution in [3.8, 4) is 0 Å². The number of unbranched alkanes of at least 4 members (excludes halogenated alkanes) is 32. The number of hydrogen-bond acceptors (Lipinski definition) is 5. The van der Waals surface area contributed by atoms with Gasteiger partial charge in [-0.3, -0.25) is 9.59 Å². The van der Waals surface area contributed by atoms with Crippen molar-refractivity contribution in [2.75, 3.05) is 6.61 Å². The van der Waals surface area contributed by atoms with Crippen LogP contribution in [0.15, 0.2) is 48.6 Å². The average molecular weight is 884 g/mol.